The number of nitrogens with one attached hydrogen (secondary N) is 1. The lowest BCUT2D eigenvalue weighted by atomic mass is 9.99. The number of pyridine rings is 1. The lowest BCUT2D eigenvalue weighted by Gasteiger charge is -2.20. The second-order valence-electron chi connectivity index (χ2n) is 5.56. The van der Waals surface area contributed by atoms with Crippen LogP contribution in [0.15, 0.2) is 36.5 Å². The molecule has 0 aliphatic heterocycles. The smallest absolute Gasteiger partial charge is 0.0605 e. The predicted molar refractivity (Wildman–Crippen MR) is 89.9 cm³/mol. The zero-order chi connectivity index (χ0) is 15.2. The van der Waals surface area contributed by atoms with Crippen LogP contribution in [-0.2, 0) is 6.42 Å². The van der Waals surface area contributed by atoms with Crippen LogP contribution < -0.4 is 5.32 Å². The molecule has 0 saturated carbocycles. The number of halogens is 1. The van der Waals surface area contributed by atoms with Crippen LogP contribution in [0.4, 0.5) is 0 Å². The van der Waals surface area contributed by atoms with Crippen molar-refractivity contribution in [1.29, 1.82) is 0 Å². The van der Waals surface area contributed by atoms with E-state index in [1.807, 2.05) is 24.4 Å². The van der Waals surface area contributed by atoms with E-state index in [-0.39, 0.29) is 6.04 Å². The van der Waals surface area contributed by atoms with Crippen molar-refractivity contribution in [2.24, 2.45) is 0 Å². The Morgan fingerprint density at radius 2 is 2.05 bits per heavy atom. The summed E-state index contributed by atoms with van der Waals surface area (Å²) in [6.07, 6.45) is 3.95. The van der Waals surface area contributed by atoms with Crippen LogP contribution in [0.2, 0.25) is 5.02 Å². The number of hydrogen-bond donors (Lipinski definition) is 1. The lowest BCUT2D eigenvalue weighted by Crippen LogP contribution is -2.25. The highest BCUT2D eigenvalue weighted by molar-refractivity contribution is 6.30. The summed E-state index contributed by atoms with van der Waals surface area (Å²) in [6.45, 7) is 7.38. The quantitative estimate of drug-likeness (QED) is 0.841. The lowest BCUT2D eigenvalue weighted by molar-refractivity contribution is 0.515. The largest absolute Gasteiger partial charge is 0.308 e. The van der Waals surface area contributed by atoms with Gasteiger partial charge in [0.2, 0.25) is 0 Å². The van der Waals surface area contributed by atoms with Crippen molar-refractivity contribution in [3.05, 3.63) is 63.9 Å². The molecule has 2 aromatic rings. The van der Waals surface area contributed by atoms with Crippen molar-refractivity contribution in [3.8, 4) is 0 Å². The van der Waals surface area contributed by atoms with Crippen LogP contribution in [0.25, 0.3) is 0 Å². The second kappa shape index (κ2) is 7.58. The van der Waals surface area contributed by atoms with Crippen molar-refractivity contribution < 1.29 is 0 Å². The van der Waals surface area contributed by atoms with Gasteiger partial charge in [0.1, 0.15) is 0 Å². The van der Waals surface area contributed by atoms with Gasteiger partial charge in [-0.3, -0.25) is 4.98 Å². The highest BCUT2D eigenvalue weighted by Crippen LogP contribution is 2.22. The Morgan fingerprint density at radius 1 is 1.24 bits per heavy atom. The molecule has 0 saturated heterocycles. The van der Waals surface area contributed by atoms with Crippen LogP contribution >= 0.6 is 11.6 Å². The molecule has 0 aliphatic carbocycles. The Balaban J connectivity index is 2.25. The molecule has 0 aliphatic rings. The molecule has 0 radical (unpaired) electrons. The van der Waals surface area contributed by atoms with Gasteiger partial charge in [0.15, 0.2) is 0 Å². The Bertz CT molecular complexity index is 596. The maximum Gasteiger partial charge on any atom is 0.0605 e. The van der Waals surface area contributed by atoms with E-state index in [1.54, 1.807) is 0 Å². The minimum Gasteiger partial charge on any atom is -0.308 e. The third kappa shape index (κ3) is 4.55. The molecule has 2 rings (SSSR count). The van der Waals surface area contributed by atoms with E-state index >= 15 is 0 Å². The van der Waals surface area contributed by atoms with Crippen LogP contribution in [0, 0.1) is 13.8 Å². The first kappa shape index (κ1) is 16.0. The average Bonchev–Trinajstić information content (AvgIpc) is 2.44. The molecule has 2 nitrogen and oxygen atoms in total. The number of rotatable bonds is 6. The fourth-order valence-electron chi connectivity index (χ4n) is 2.57. The van der Waals surface area contributed by atoms with Crippen LogP contribution in [-0.4, -0.2) is 11.5 Å². The highest BCUT2D eigenvalue weighted by atomic mass is 35.5. The first-order chi connectivity index (χ1) is 10.1. The van der Waals surface area contributed by atoms with E-state index in [2.05, 4.69) is 43.2 Å². The molecular formula is C18H23ClN2. The van der Waals surface area contributed by atoms with Crippen molar-refractivity contribution in [1.82, 2.24) is 10.3 Å². The van der Waals surface area contributed by atoms with Gasteiger partial charge >= 0.3 is 0 Å². The molecule has 1 unspecified atom stereocenters. The number of nitrogens with zero attached hydrogens (tertiary/aromatic N) is 1. The molecule has 0 amide bonds. The fraction of sp³-hybridized carbons (Fsp3) is 0.389. The summed E-state index contributed by atoms with van der Waals surface area (Å²) in [5, 5.41) is 4.40. The van der Waals surface area contributed by atoms with Gasteiger partial charge in [-0.05, 0) is 62.1 Å². The van der Waals surface area contributed by atoms with Gasteiger partial charge in [-0.1, -0.05) is 36.7 Å². The molecule has 0 bridgehead atoms. The molecule has 1 aromatic heterocycles. The highest BCUT2D eigenvalue weighted by Gasteiger charge is 2.15. The molecule has 1 N–H and O–H groups in total. The van der Waals surface area contributed by atoms with Gasteiger partial charge in [-0.15, -0.1) is 0 Å². The number of hydrogen-bond acceptors (Lipinski definition) is 2. The number of aryl methyl sites for hydroxylation is 2. The zero-order valence-electron chi connectivity index (χ0n) is 13.0. The molecular weight excluding hydrogens is 280 g/mol. The third-order valence-corrected chi connectivity index (χ3v) is 3.79. The topological polar surface area (TPSA) is 24.9 Å². The summed E-state index contributed by atoms with van der Waals surface area (Å²) in [5.41, 5.74) is 4.81. The minimum atomic E-state index is 0.226. The van der Waals surface area contributed by atoms with Gasteiger partial charge in [0, 0.05) is 11.2 Å². The molecule has 0 fully saturated rings. The Morgan fingerprint density at radius 3 is 2.71 bits per heavy atom. The van der Waals surface area contributed by atoms with E-state index in [9.17, 15) is 0 Å². The Kier molecular flexibility index (Phi) is 5.77. The van der Waals surface area contributed by atoms with Crippen LogP contribution in [0.5, 0.6) is 0 Å². The van der Waals surface area contributed by atoms with Crippen molar-refractivity contribution >= 4 is 11.6 Å². The summed E-state index contributed by atoms with van der Waals surface area (Å²) in [5.74, 6) is 0. The molecule has 3 heteroatoms. The molecule has 1 atom stereocenters. The summed E-state index contributed by atoms with van der Waals surface area (Å²) in [7, 11) is 0. The summed E-state index contributed by atoms with van der Waals surface area (Å²) in [6, 6.07) is 10.5. The van der Waals surface area contributed by atoms with Crippen molar-refractivity contribution in [2.75, 3.05) is 6.54 Å². The monoisotopic (exact) mass is 302 g/mol. The molecule has 1 heterocycles. The van der Waals surface area contributed by atoms with Gasteiger partial charge in [-0.25, -0.2) is 0 Å². The molecule has 112 valence electrons. The van der Waals surface area contributed by atoms with Crippen LogP contribution in [0.3, 0.4) is 0 Å². The predicted octanol–water partition coefficient (Wildman–Crippen LogP) is 4.64. The Hall–Kier alpha value is -1.38. The fourth-order valence-corrected chi connectivity index (χ4v) is 2.79. The molecule has 1 aromatic carbocycles. The second-order valence-corrected chi connectivity index (χ2v) is 5.99. The van der Waals surface area contributed by atoms with Gasteiger partial charge in [-0.2, -0.15) is 0 Å². The maximum atomic E-state index is 6.09. The summed E-state index contributed by atoms with van der Waals surface area (Å²) >= 11 is 6.09. The van der Waals surface area contributed by atoms with E-state index in [1.165, 1.54) is 16.7 Å². The normalized spacial score (nSPS) is 12.4. The van der Waals surface area contributed by atoms with Gasteiger partial charge in [0.05, 0.1) is 11.7 Å². The molecule has 0 spiro atoms. The minimum absolute atomic E-state index is 0.226. The average molecular weight is 303 g/mol. The van der Waals surface area contributed by atoms with Crippen molar-refractivity contribution in [2.45, 2.75) is 39.7 Å². The zero-order valence-corrected chi connectivity index (χ0v) is 13.7. The van der Waals surface area contributed by atoms with E-state index in [0.717, 1.165) is 30.1 Å². The summed E-state index contributed by atoms with van der Waals surface area (Å²) < 4.78 is 0. The van der Waals surface area contributed by atoms with E-state index in [0.29, 0.717) is 0 Å². The summed E-state index contributed by atoms with van der Waals surface area (Å²) in [4.78, 5) is 4.65. The third-order valence-electron chi connectivity index (χ3n) is 3.56. The van der Waals surface area contributed by atoms with Gasteiger partial charge < -0.3 is 5.32 Å². The van der Waals surface area contributed by atoms with E-state index in [4.69, 9.17) is 11.6 Å². The first-order valence-electron chi connectivity index (χ1n) is 7.51. The first-order valence-corrected chi connectivity index (χ1v) is 7.89. The van der Waals surface area contributed by atoms with E-state index < -0.39 is 0 Å². The number of aromatic nitrogens is 1. The number of benzene rings is 1. The molecule has 21 heavy (non-hydrogen) atoms. The maximum absolute atomic E-state index is 6.09. The Labute approximate surface area is 132 Å². The van der Waals surface area contributed by atoms with Crippen molar-refractivity contribution in [3.63, 3.8) is 0 Å². The van der Waals surface area contributed by atoms with Crippen LogP contribution in [0.1, 0.15) is 41.8 Å². The van der Waals surface area contributed by atoms with Gasteiger partial charge in [0.25, 0.3) is 0 Å². The standard InChI is InChI=1S/C18H23ClN2/c1-4-8-20-17(11-15-6-5-7-16(19)10-15)18-14(3)9-13(2)12-21-18/h5-7,9-10,12,17,20H,4,8,11H2,1-3H3. The SMILES string of the molecule is CCCNC(Cc1cccc(Cl)c1)c1ncc(C)cc1C.